The highest BCUT2D eigenvalue weighted by Gasteiger charge is 2.11. The van der Waals surface area contributed by atoms with Gasteiger partial charge in [0.15, 0.2) is 0 Å². The summed E-state index contributed by atoms with van der Waals surface area (Å²) in [5, 5.41) is 3.56. The molecule has 0 saturated carbocycles. The molecule has 112 valence electrons. The largest absolute Gasteiger partial charge is 0.324 e. The summed E-state index contributed by atoms with van der Waals surface area (Å²) in [7, 11) is 0. The van der Waals surface area contributed by atoms with Gasteiger partial charge in [0.1, 0.15) is 5.52 Å². The van der Waals surface area contributed by atoms with E-state index in [9.17, 15) is 4.79 Å². The third-order valence-electron chi connectivity index (χ3n) is 3.56. The van der Waals surface area contributed by atoms with E-state index >= 15 is 0 Å². The Morgan fingerprint density at radius 1 is 1.27 bits per heavy atom. The van der Waals surface area contributed by atoms with Gasteiger partial charge >= 0.3 is 0 Å². The van der Waals surface area contributed by atoms with Crippen LogP contribution in [0.1, 0.15) is 16.7 Å². The van der Waals surface area contributed by atoms with Crippen molar-refractivity contribution in [2.24, 2.45) is 0 Å². The van der Waals surface area contributed by atoms with Crippen LogP contribution in [0.5, 0.6) is 0 Å². The topological polar surface area (TPSA) is 42.0 Å². The zero-order chi connectivity index (χ0) is 15.7. The molecule has 3 nitrogen and oxygen atoms in total. The fourth-order valence-electron chi connectivity index (χ4n) is 2.43. The Kier molecular flexibility index (Phi) is 4.14. The van der Waals surface area contributed by atoms with Crippen LogP contribution in [0.2, 0.25) is 5.02 Å². The number of rotatable bonds is 3. The highest BCUT2D eigenvalue weighted by atomic mass is 35.5. The van der Waals surface area contributed by atoms with E-state index in [2.05, 4.69) is 16.4 Å². The molecule has 22 heavy (non-hydrogen) atoms. The maximum atomic E-state index is 12.3. The quantitative estimate of drug-likeness (QED) is 0.753. The van der Waals surface area contributed by atoms with E-state index in [4.69, 9.17) is 11.6 Å². The van der Waals surface area contributed by atoms with E-state index in [0.29, 0.717) is 11.4 Å². The molecule has 3 aromatic rings. The lowest BCUT2D eigenvalue weighted by molar-refractivity contribution is -0.115. The number of carbonyl (C=O) groups is 1. The number of hydrogen-bond donors (Lipinski definition) is 1. The summed E-state index contributed by atoms with van der Waals surface area (Å²) in [4.78, 5) is 16.5. The number of fused-ring (bicyclic) bond motifs is 1. The first-order valence-corrected chi connectivity index (χ1v) is 8.18. The van der Waals surface area contributed by atoms with Gasteiger partial charge in [-0.25, -0.2) is 4.98 Å². The Morgan fingerprint density at radius 3 is 2.86 bits per heavy atom. The van der Waals surface area contributed by atoms with Gasteiger partial charge < -0.3 is 5.32 Å². The lowest BCUT2D eigenvalue weighted by Gasteiger charge is -2.09. The molecule has 0 bridgehead atoms. The Balaban J connectivity index is 1.81. The van der Waals surface area contributed by atoms with Crippen molar-refractivity contribution in [2.75, 3.05) is 5.32 Å². The first kappa shape index (κ1) is 15.0. The highest BCUT2D eigenvalue weighted by molar-refractivity contribution is 7.17. The maximum Gasteiger partial charge on any atom is 0.228 e. The maximum absolute atomic E-state index is 12.3. The number of hydrogen-bond acceptors (Lipinski definition) is 3. The minimum Gasteiger partial charge on any atom is -0.324 e. The normalized spacial score (nSPS) is 10.9. The molecule has 0 spiro atoms. The number of carbonyl (C=O) groups excluding carboxylic acids is 1. The first-order valence-electron chi connectivity index (χ1n) is 6.92. The van der Waals surface area contributed by atoms with E-state index in [-0.39, 0.29) is 5.91 Å². The van der Waals surface area contributed by atoms with Crippen LogP contribution in [0.3, 0.4) is 0 Å². The standard InChI is InChI=1S/C17H15ClN2OS/c1-10-3-4-12(11(2)7-10)8-15(21)20-14-6-5-13(18)16-17(14)22-9-19-16/h3-7,9H,8H2,1-2H3,(H,20,21). The molecule has 0 unspecified atom stereocenters. The van der Waals surface area contributed by atoms with Gasteiger partial charge in [0.05, 0.1) is 27.3 Å². The van der Waals surface area contributed by atoms with Crippen LogP contribution in [-0.2, 0) is 11.2 Å². The monoisotopic (exact) mass is 330 g/mol. The Labute approximate surface area is 138 Å². The van der Waals surface area contributed by atoms with Crippen LogP contribution in [-0.4, -0.2) is 10.9 Å². The molecule has 1 heterocycles. The van der Waals surface area contributed by atoms with Gasteiger partial charge in [-0.1, -0.05) is 35.4 Å². The van der Waals surface area contributed by atoms with Gasteiger partial charge in [-0.15, -0.1) is 11.3 Å². The summed E-state index contributed by atoms with van der Waals surface area (Å²) in [5.74, 6) is -0.0380. The number of anilines is 1. The minimum absolute atomic E-state index is 0.0380. The molecule has 0 radical (unpaired) electrons. The van der Waals surface area contributed by atoms with Gasteiger partial charge in [-0.3, -0.25) is 4.79 Å². The van der Waals surface area contributed by atoms with Crippen molar-refractivity contribution in [3.05, 3.63) is 57.6 Å². The van der Waals surface area contributed by atoms with Crippen LogP contribution in [0.25, 0.3) is 10.2 Å². The molecular weight excluding hydrogens is 316 g/mol. The Hall–Kier alpha value is -1.91. The first-order chi connectivity index (χ1) is 10.5. The molecule has 1 N–H and O–H groups in total. The summed E-state index contributed by atoms with van der Waals surface area (Å²) in [5.41, 5.74) is 6.60. The second-order valence-electron chi connectivity index (χ2n) is 5.28. The molecule has 0 aliphatic carbocycles. The molecule has 0 atom stereocenters. The number of thiazole rings is 1. The van der Waals surface area contributed by atoms with Crippen LogP contribution >= 0.6 is 22.9 Å². The fraction of sp³-hybridized carbons (Fsp3) is 0.176. The van der Waals surface area contributed by atoms with Crippen molar-refractivity contribution in [3.63, 3.8) is 0 Å². The predicted octanol–water partition coefficient (Wildman–Crippen LogP) is 4.75. The summed E-state index contributed by atoms with van der Waals surface area (Å²) in [6.45, 7) is 4.07. The van der Waals surface area contributed by atoms with E-state index in [1.165, 1.54) is 16.9 Å². The summed E-state index contributed by atoms with van der Waals surface area (Å²) in [6, 6.07) is 9.71. The predicted molar refractivity (Wildman–Crippen MR) is 92.9 cm³/mol. The molecule has 0 saturated heterocycles. The van der Waals surface area contributed by atoms with Crippen molar-refractivity contribution in [1.29, 1.82) is 0 Å². The van der Waals surface area contributed by atoms with Crippen LogP contribution in [0, 0.1) is 13.8 Å². The zero-order valence-corrected chi connectivity index (χ0v) is 13.9. The van der Waals surface area contributed by atoms with Crippen molar-refractivity contribution >= 4 is 44.7 Å². The van der Waals surface area contributed by atoms with Crippen molar-refractivity contribution in [1.82, 2.24) is 4.98 Å². The van der Waals surface area contributed by atoms with Crippen LogP contribution < -0.4 is 5.32 Å². The van der Waals surface area contributed by atoms with Gasteiger partial charge in [-0.2, -0.15) is 0 Å². The van der Waals surface area contributed by atoms with Crippen LogP contribution in [0.4, 0.5) is 5.69 Å². The average Bonchev–Trinajstić information content (AvgIpc) is 2.96. The lowest BCUT2D eigenvalue weighted by atomic mass is 10.0. The third kappa shape index (κ3) is 2.98. The second kappa shape index (κ2) is 6.07. The number of benzene rings is 2. The summed E-state index contributed by atoms with van der Waals surface area (Å²) >= 11 is 7.57. The van der Waals surface area contributed by atoms with E-state index < -0.39 is 0 Å². The molecule has 1 aromatic heterocycles. The van der Waals surface area contributed by atoms with Crippen LogP contribution in [0.15, 0.2) is 35.8 Å². The fourth-order valence-corrected chi connectivity index (χ4v) is 3.47. The lowest BCUT2D eigenvalue weighted by Crippen LogP contribution is -2.15. The number of nitrogens with one attached hydrogen (secondary N) is 1. The number of halogens is 1. The van der Waals surface area contributed by atoms with E-state index in [1.807, 2.05) is 32.0 Å². The molecule has 5 heteroatoms. The number of aryl methyl sites for hydroxylation is 2. The van der Waals surface area contributed by atoms with Crippen molar-refractivity contribution < 1.29 is 4.79 Å². The minimum atomic E-state index is -0.0380. The highest BCUT2D eigenvalue weighted by Crippen LogP contribution is 2.32. The Bertz CT molecular complexity index is 857. The molecular formula is C17H15ClN2OS. The van der Waals surface area contributed by atoms with Gasteiger partial charge in [0.2, 0.25) is 5.91 Å². The average molecular weight is 331 g/mol. The van der Waals surface area contributed by atoms with E-state index in [0.717, 1.165) is 27.0 Å². The smallest absolute Gasteiger partial charge is 0.228 e. The van der Waals surface area contributed by atoms with Crippen molar-refractivity contribution in [2.45, 2.75) is 20.3 Å². The van der Waals surface area contributed by atoms with Gasteiger partial charge in [0, 0.05) is 0 Å². The molecule has 2 aromatic carbocycles. The molecule has 0 aliphatic rings. The Morgan fingerprint density at radius 2 is 2.09 bits per heavy atom. The molecule has 3 rings (SSSR count). The summed E-state index contributed by atoms with van der Waals surface area (Å²) in [6.07, 6.45) is 0.356. The number of aromatic nitrogens is 1. The number of amides is 1. The zero-order valence-electron chi connectivity index (χ0n) is 12.3. The van der Waals surface area contributed by atoms with Crippen molar-refractivity contribution in [3.8, 4) is 0 Å². The van der Waals surface area contributed by atoms with Gasteiger partial charge in [-0.05, 0) is 37.1 Å². The third-order valence-corrected chi connectivity index (χ3v) is 4.72. The molecule has 1 amide bonds. The molecule has 0 aliphatic heterocycles. The molecule has 0 fully saturated rings. The SMILES string of the molecule is Cc1ccc(CC(=O)Nc2ccc(Cl)c3ncsc23)c(C)c1. The van der Waals surface area contributed by atoms with E-state index in [1.54, 1.807) is 11.6 Å². The number of nitrogens with zero attached hydrogens (tertiary/aromatic N) is 1. The second-order valence-corrected chi connectivity index (χ2v) is 6.54. The summed E-state index contributed by atoms with van der Waals surface area (Å²) < 4.78 is 0.904. The van der Waals surface area contributed by atoms with Gasteiger partial charge in [0.25, 0.3) is 0 Å².